The zero-order chi connectivity index (χ0) is 19.4. The highest BCUT2D eigenvalue weighted by Crippen LogP contribution is 2.14. The molecule has 138 valence electrons. The van der Waals surface area contributed by atoms with Gasteiger partial charge in [-0.05, 0) is 30.0 Å². The normalized spacial score (nSPS) is 11.4. The van der Waals surface area contributed by atoms with E-state index in [0.717, 1.165) is 5.56 Å². The first kappa shape index (κ1) is 18.5. The lowest BCUT2D eigenvalue weighted by Crippen LogP contribution is -2.28. The van der Waals surface area contributed by atoms with Gasteiger partial charge in [-0.15, -0.1) is 0 Å². The van der Waals surface area contributed by atoms with E-state index in [0.29, 0.717) is 23.2 Å². The van der Waals surface area contributed by atoms with E-state index < -0.39 is 5.91 Å². The molecular formula is C21H22N4O2. The molecule has 0 aliphatic heterocycles. The third-order valence-corrected chi connectivity index (χ3v) is 4.37. The van der Waals surface area contributed by atoms with Gasteiger partial charge in [-0.2, -0.15) is 10.2 Å². The van der Waals surface area contributed by atoms with Crippen LogP contribution in [0.15, 0.2) is 58.4 Å². The molecule has 0 unspecified atom stereocenters. The van der Waals surface area contributed by atoms with Crippen molar-refractivity contribution in [2.75, 3.05) is 0 Å². The molecular weight excluding hydrogens is 340 g/mol. The minimum Gasteiger partial charge on any atom is -0.267 e. The van der Waals surface area contributed by atoms with Crippen LogP contribution in [0.4, 0.5) is 0 Å². The minimum atomic E-state index is -0.455. The zero-order valence-electron chi connectivity index (χ0n) is 15.6. The second kappa shape index (κ2) is 7.95. The second-order valence-electron chi connectivity index (χ2n) is 6.54. The quantitative estimate of drug-likeness (QED) is 0.559. The second-order valence-corrected chi connectivity index (χ2v) is 6.54. The van der Waals surface area contributed by atoms with E-state index in [4.69, 9.17) is 0 Å². The van der Waals surface area contributed by atoms with E-state index in [1.807, 2.05) is 31.2 Å². The molecule has 0 saturated heterocycles. The topological polar surface area (TPSA) is 76.3 Å². The number of aromatic nitrogens is 2. The van der Waals surface area contributed by atoms with Crippen LogP contribution in [0.2, 0.25) is 0 Å². The van der Waals surface area contributed by atoms with Crippen LogP contribution in [-0.4, -0.2) is 21.9 Å². The molecule has 6 heteroatoms. The summed E-state index contributed by atoms with van der Waals surface area (Å²) in [5, 5.41) is 9.20. The lowest BCUT2D eigenvalue weighted by molar-refractivity contribution is 0.0949. The van der Waals surface area contributed by atoms with Gasteiger partial charge in [0.1, 0.15) is 0 Å². The highest BCUT2D eigenvalue weighted by atomic mass is 16.2. The lowest BCUT2D eigenvalue weighted by Gasteiger charge is -2.08. The molecule has 3 aromatic rings. The van der Waals surface area contributed by atoms with Gasteiger partial charge in [0.2, 0.25) is 0 Å². The number of amides is 1. The van der Waals surface area contributed by atoms with E-state index >= 15 is 0 Å². The van der Waals surface area contributed by atoms with Crippen LogP contribution in [0.3, 0.4) is 0 Å². The highest BCUT2D eigenvalue weighted by Gasteiger charge is 2.15. The van der Waals surface area contributed by atoms with Gasteiger partial charge in [-0.3, -0.25) is 9.59 Å². The molecule has 1 N–H and O–H groups in total. The SMILES string of the molecule is CCn1nc(C(=O)N/N=C\c2ccc(C(C)C)cc2)c2ccccc2c1=O. The van der Waals surface area contributed by atoms with Gasteiger partial charge in [0.05, 0.1) is 11.6 Å². The van der Waals surface area contributed by atoms with Gasteiger partial charge in [-0.1, -0.05) is 56.3 Å². The van der Waals surface area contributed by atoms with Crippen molar-refractivity contribution in [2.24, 2.45) is 5.10 Å². The first-order valence-electron chi connectivity index (χ1n) is 8.94. The van der Waals surface area contributed by atoms with Crippen molar-refractivity contribution < 1.29 is 4.79 Å². The number of hydrazone groups is 1. The van der Waals surface area contributed by atoms with Gasteiger partial charge in [0.25, 0.3) is 11.5 Å². The summed E-state index contributed by atoms with van der Waals surface area (Å²) in [6.45, 7) is 6.46. The van der Waals surface area contributed by atoms with Gasteiger partial charge in [0, 0.05) is 11.9 Å². The summed E-state index contributed by atoms with van der Waals surface area (Å²) in [6.07, 6.45) is 1.58. The Morgan fingerprint density at radius 2 is 1.81 bits per heavy atom. The lowest BCUT2D eigenvalue weighted by atomic mass is 10.0. The minimum absolute atomic E-state index is 0.180. The van der Waals surface area contributed by atoms with Crippen molar-refractivity contribution in [1.29, 1.82) is 0 Å². The number of rotatable bonds is 5. The number of aryl methyl sites for hydroxylation is 1. The van der Waals surface area contributed by atoms with Crippen molar-refractivity contribution in [3.63, 3.8) is 0 Å². The summed E-state index contributed by atoms with van der Waals surface area (Å²) in [6, 6.07) is 14.9. The van der Waals surface area contributed by atoms with Gasteiger partial charge < -0.3 is 0 Å². The first-order chi connectivity index (χ1) is 13.0. The molecule has 0 saturated carbocycles. The van der Waals surface area contributed by atoms with Crippen molar-refractivity contribution >= 4 is 22.9 Å². The molecule has 0 bridgehead atoms. The van der Waals surface area contributed by atoms with E-state index in [1.165, 1.54) is 10.2 Å². The number of nitrogens with one attached hydrogen (secondary N) is 1. The molecule has 6 nitrogen and oxygen atoms in total. The van der Waals surface area contributed by atoms with Crippen LogP contribution in [0.5, 0.6) is 0 Å². The number of nitrogens with zero attached hydrogens (tertiary/aromatic N) is 3. The largest absolute Gasteiger partial charge is 0.292 e. The summed E-state index contributed by atoms with van der Waals surface area (Å²) in [5.74, 6) is 0.00717. The van der Waals surface area contributed by atoms with Crippen LogP contribution in [-0.2, 0) is 6.54 Å². The summed E-state index contributed by atoms with van der Waals surface area (Å²) in [5.41, 5.74) is 4.60. The number of hydrogen-bond donors (Lipinski definition) is 1. The predicted molar refractivity (Wildman–Crippen MR) is 107 cm³/mol. The molecule has 1 heterocycles. The average Bonchev–Trinajstić information content (AvgIpc) is 2.69. The summed E-state index contributed by atoms with van der Waals surface area (Å²) in [4.78, 5) is 24.9. The van der Waals surface area contributed by atoms with E-state index in [-0.39, 0.29) is 11.3 Å². The van der Waals surface area contributed by atoms with Crippen molar-refractivity contribution in [2.45, 2.75) is 33.2 Å². The van der Waals surface area contributed by atoms with Crippen molar-refractivity contribution in [1.82, 2.24) is 15.2 Å². The molecule has 3 rings (SSSR count). The Balaban J connectivity index is 1.84. The predicted octanol–water partition coefficient (Wildman–Crippen LogP) is 3.30. The fraction of sp³-hybridized carbons (Fsp3) is 0.238. The fourth-order valence-corrected chi connectivity index (χ4v) is 2.80. The number of carbonyl (C=O) groups excluding carboxylic acids is 1. The van der Waals surface area contributed by atoms with Crippen LogP contribution < -0.4 is 11.0 Å². The molecule has 0 atom stereocenters. The molecule has 0 aliphatic carbocycles. The van der Waals surface area contributed by atoms with Gasteiger partial charge in [-0.25, -0.2) is 10.1 Å². The Labute approximate surface area is 157 Å². The maximum Gasteiger partial charge on any atom is 0.292 e. The molecule has 0 radical (unpaired) electrons. The van der Waals surface area contributed by atoms with Gasteiger partial charge in [0.15, 0.2) is 5.69 Å². The van der Waals surface area contributed by atoms with Crippen molar-refractivity contribution in [3.8, 4) is 0 Å². The van der Waals surface area contributed by atoms with Crippen molar-refractivity contribution in [3.05, 3.63) is 75.7 Å². The maximum absolute atomic E-state index is 12.6. The van der Waals surface area contributed by atoms with Crippen LogP contribution in [0, 0.1) is 0 Å². The molecule has 2 aromatic carbocycles. The van der Waals surface area contributed by atoms with Crippen LogP contribution in [0.1, 0.15) is 48.3 Å². The smallest absolute Gasteiger partial charge is 0.267 e. The number of hydrogen-bond acceptors (Lipinski definition) is 4. The molecule has 1 aromatic heterocycles. The van der Waals surface area contributed by atoms with E-state index in [2.05, 4.69) is 29.5 Å². The summed E-state index contributed by atoms with van der Waals surface area (Å²) >= 11 is 0. The molecule has 1 amide bonds. The monoisotopic (exact) mass is 362 g/mol. The number of fused-ring (bicyclic) bond motifs is 1. The number of benzene rings is 2. The maximum atomic E-state index is 12.6. The van der Waals surface area contributed by atoms with Gasteiger partial charge >= 0.3 is 0 Å². The Hall–Kier alpha value is -3.28. The molecule has 0 fully saturated rings. The Bertz CT molecular complexity index is 1050. The fourth-order valence-electron chi connectivity index (χ4n) is 2.80. The summed E-state index contributed by atoms with van der Waals surface area (Å²) in [7, 11) is 0. The third-order valence-electron chi connectivity index (χ3n) is 4.37. The first-order valence-corrected chi connectivity index (χ1v) is 8.94. The zero-order valence-corrected chi connectivity index (χ0v) is 15.6. The standard InChI is InChI=1S/C21H22N4O2/c1-4-25-21(27)18-8-6-5-7-17(18)19(24-25)20(26)23-22-13-15-9-11-16(12-10-15)14(2)3/h5-14H,4H2,1-3H3,(H,23,26)/b22-13-. The molecule has 27 heavy (non-hydrogen) atoms. The van der Waals surface area contributed by atoms with Crippen LogP contribution in [0.25, 0.3) is 10.8 Å². The highest BCUT2D eigenvalue weighted by molar-refractivity contribution is 6.04. The molecule has 0 spiro atoms. The number of carbonyl (C=O) groups is 1. The summed E-state index contributed by atoms with van der Waals surface area (Å²) < 4.78 is 1.28. The van der Waals surface area contributed by atoms with E-state index in [1.54, 1.807) is 30.5 Å². The van der Waals surface area contributed by atoms with E-state index in [9.17, 15) is 9.59 Å². The Morgan fingerprint density at radius 1 is 1.15 bits per heavy atom. The Kier molecular flexibility index (Phi) is 5.45. The Morgan fingerprint density at radius 3 is 2.44 bits per heavy atom. The third kappa shape index (κ3) is 3.95. The average molecular weight is 362 g/mol. The molecule has 0 aliphatic rings. The van der Waals surface area contributed by atoms with Crippen LogP contribution >= 0.6 is 0 Å².